The van der Waals surface area contributed by atoms with E-state index < -0.39 is 0 Å². The quantitative estimate of drug-likeness (QED) is 0.865. The van der Waals surface area contributed by atoms with Crippen molar-refractivity contribution >= 4 is 18.3 Å². The van der Waals surface area contributed by atoms with E-state index in [1.165, 1.54) is 0 Å². The second-order valence-electron chi connectivity index (χ2n) is 6.82. The molecule has 1 amide bonds. The molecule has 2 N–H and O–H groups in total. The first-order valence-electron chi connectivity index (χ1n) is 7.31. The molecule has 2 unspecified atom stereocenters. The van der Waals surface area contributed by atoms with Crippen LogP contribution in [0.25, 0.3) is 0 Å². The van der Waals surface area contributed by atoms with Gasteiger partial charge in [-0.15, -0.1) is 12.4 Å². The number of rotatable bonds is 4. The molecule has 3 nitrogen and oxygen atoms in total. The molecule has 0 bridgehead atoms. The van der Waals surface area contributed by atoms with Crippen molar-refractivity contribution < 1.29 is 4.79 Å². The highest BCUT2D eigenvalue weighted by molar-refractivity contribution is 5.85. The first-order valence-corrected chi connectivity index (χ1v) is 7.31. The van der Waals surface area contributed by atoms with Crippen molar-refractivity contribution in [2.45, 2.75) is 59.9 Å². The second kappa shape index (κ2) is 7.49. The summed E-state index contributed by atoms with van der Waals surface area (Å²) in [4.78, 5) is 14.4. The van der Waals surface area contributed by atoms with Crippen molar-refractivity contribution in [3.8, 4) is 0 Å². The van der Waals surface area contributed by atoms with Crippen LogP contribution >= 0.6 is 12.4 Å². The topological polar surface area (TPSA) is 46.3 Å². The van der Waals surface area contributed by atoms with E-state index >= 15 is 0 Å². The van der Waals surface area contributed by atoms with Gasteiger partial charge in [0, 0.05) is 25.6 Å². The molecule has 0 spiro atoms. The average Bonchev–Trinajstić information content (AvgIpc) is 2.28. The predicted octanol–water partition coefficient (Wildman–Crippen LogP) is 3.07. The maximum Gasteiger partial charge on any atom is 0.222 e. The van der Waals surface area contributed by atoms with E-state index in [9.17, 15) is 4.79 Å². The van der Waals surface area contributed by atoms with Crippen LogP contribution in [0.5, 0.6) is 0 Å². The average molecular weight is 291 g/mol. The molecule has 1 rings (SSSR count). The number of halogens is 1. The van der Waals surface area contributed by atoms with Gasteiger partial charge in [0.05, 0.1) is 0 Å². The fourth-order valence-corrected chi connectivity index (χ4v) is 2.79. The van der Waals surface area contributed by atoms with E-state index in [-0.39, 0.29) is 23.9 Å². The highest BCUT2D eigenvalue weighted by Crippen LogP contribution is 2.29. The zero-order valence-corrected chi connectivity index (χ0v) is 13.9. The molecule has 0 aromatic carbocycles. The molecular weight excluding hydrogens is 260 g/mol. The van der Waals surface area contributed by atoms with E-state index in [0.717, 1.165) is 25.9 Å². The summed E-state index contributed by atoms with van der Waals surface area (Å²) in [6.07, 6.45) is 2.71. The van der Waals surface area contributed by atoms with E-state index in [4.69, 9.17) is 5.73 Å². The van der Waals surface area contributed by atoms with Crippen molar-refractivity contribution in [2.75, 3.05) is 13.1 Å². The zero-order valence-electron chi connectivity index (χ0n) is 13.1. The van der Waals surface area contributed by atoms with Gasteiger partial charge in [0.2, 0.25) is 5.91 Å². The van der Waals surface area contributed by atoms with Gasteiger partial charge in [-0.1, -0.05) is 41.0 Å². The summed E-state index contributed by atoms with van der Waals surface area (Å²) in [7, 11) is 0. The lowest BCUT2D eigenvalue weighted by molar-refractivity contribution is -0.136. The number of carbonyl (C=O) groups excluding carboxylic acids is 1. The predicted molar refractivity (Wildman–Crippen MR) is 83.4 cm³/mol. The van der Waals surface area contributed by atoms with E-state index in [2.05, 4.69) is 34.6 Å². The molecule has 0 aromatic heterocycles. The Morgan fingerprint density at radius 1 is 1.42 bits per heavy atom. The summed E-state index contributed by atoms with van der Waals surface area (Å²) >= 11 is 0. The zero-order chi connectivity index (χ0) is 13.9. The fourth-order valence-electron chi connectivity index (χ4n) is 2.79. The number of piperidine rings is 1. The van der Waals surface area contributed by atoms with Crippen molar-refractivity contribution in [2.24, 2.45) is 23.0 Å². The van der Waals surface area contributed by atoms with Crippen molar-refractivity contribution in [3.05, 3.63) is 0 Å². The highest BCUT2D eigenvalue weighted by atomic mass is 35.5. The molecule has 1 heterocycles. The van der Waals surface area contributed by atoms with E-state index in [0.29, 0.717) is 24.2 Å². The Kier molecular flexibility index (Phi) is 7.38. The van der Waals surface area contributed by atoms with Gasteiger partial charge in [-0.3, -0.25) is 4.79 Å². The lowest BCUT2D eigenvalue weighted by Gasteiger charge is -2.43. The van der Waals surface area contributed by atoms with Crippen LogP contribution in [0, 0.1) is 17.3 Å². The number of hydrogen-bond acceptors (Lipinski definition) is 2. The third-order valence-corrected chi connectivity index (χ3v) is 4.57. The lowest BCUT2D eigenvalue weighted by Crippen LogP contribution is -2.54. The smallest absolute Gasteiger partial charge is 0.222 e. The Hall–Kier alpha value is -0.280. The molecule has 0 aromatic rings. The highest BCUT2D eigenvalue weighted by Gasteiger charge is 2.35. The maximum absolute atomic E-state index is 12.4. The summed E-state index contributed by atoms with van der Waals surface area (Å²) < 4.78 is 0. The van der Waals surface area contributed by atoms with Gasteiger partial charge >= 0.3 is 0 Å². The van der Waals surface area contributed by atoms with Gasteiger partial charge < -0.3 is 10.6 Å². The standard InChI is InChI=1S/C15H30N2O.ClH/c1-6-12(11(2)3)9-14(18)17-8-7-13(16)15(4,5)10-17;/h11-13H,6-10,16H2,1-5H3;1H. The van der Waals surface area contributed by atoms with Gasteiger partial charge in [0.15, 0.2) is 0 Å². The van der Waals surface area contributed by atoms with Crippen molar-refractivity contribution in [3.63, 3.8) is 0 Å². The molecule has 1 aliphatic heterocycles. The largest absolute Gasteiger partial charge is 0.342 e. The molecule has 114 valence electrons. The van der Waals surface area contributed by atoms with Crippen LogP contribution in [0.4, 0.5) is 0 Å². The fraction of sp³-hybridized carbons (Fsp3) is 0.933. The third-order valence-electron chi connectivity index (χ3n) is 4.57. The third kappa shape index (κ3) is 4.96. The Morgan fingerprint density at radius 2 is 2.00 bits per heavy atom. The Bertz CT molecular complexity index is 292. The number of likely N-dealkylation sites (tertiary alicyclic amines) is 1. The van der Waals surface area contributed by atoms with E-state index in [1.807, 2.05) is 4.90 Å². The first-order chi connectivity index (χ1) is 8.27. The van der Waals surface area contributed by atoms with Crippen molar-refractivity contribution in [1.82, 2.24) is 4.90 Å². The summed E-state index contributed by atoms with van der Waals surface area (Å²) in [6.45, 7) is 12.6. The van der Waals surface area contributed by atoms with Crippen LogP contribution < -0.4 is 5.73 Å². The number of carbonyl (C=O) groups is 1. The number of nitrogens with zero attached hydrogens (tertiary/aromatic N) is 1. The van der Waals surface area contributed by atoms with Gasteiger partial charge in [0.25, 0.3) is 0 Å². The van der Waals surface area contributed by atoms with Crippen LogP contribution in [0.15, 0.2) is 0 Å². The second-order valence-corrected chi connectivity index (χ2v) is 6.82. The van der Waals surface area contributed by atoms with Crippen LogP contribution in [-0.4, -0.2) is 29.9 Å². The summed E-state index contributed by atoms with van der Waals surface area (Å²) in [5, 5.41) is 0. The van der Waals surface area contributed by atoms with Gasteiger partial charge in [-0.25, -0.2) is 0 Å². The lowest BCUT2D eigenvalue weighted by atomic mass is 9.79. The van der Waals surface area contributed by atoms with Gasteiger partial charge in [0.1, 0.15) is 0 Å². The minimum absolute atomic E-state index is 0. The molecule has 1 saturated heterocycles. The summed E-state index contributed by atoms with van der Waals surface area (Å²) in [5.41, 5.74) is 6.16. The normalized spacial score (nSPS) is 23.9. The molecule has 19 heavy (non-hydrogen) atoms. The molecule has 1 fully saturated rings. The monoisotopic (exact) mass is 290 g/mol. The van der Waals surface area contributed by atoms with Crippen LogP contribution in [-0.2, 0) is 4.79 Å². The molecule has 0 saturated carbocycles. The van der Waals surface area contributed by atoms with Crippen LogP contribution in [0.1, 0.15) is 53.9 Å². The maximum atomic E-state index is 12.4. The minimum atomic E-state index is 0. The van der Waals surface area contributed by atoms with Gasteiger partial charge in [-0.05, 0) is 23.7 Å². The molecule has 0 radical (unpaired) electrons. The molecular formula is C15H31ClN2O. The van der Waals surface area contributed by atoms with Crippen LogP contribution in [0.2, 0.25) is 0 Å². The minimum Gasteiger partial charge on any atom is -0.342 e. The summed E-state index contributed by atoms with van der Waals surface area (Å²) in [5.74, 6) is 1.41. The molecule has 1 aliphatic rings. The molecule has 2 atom stereocenters. The Balaban J connectivity index is 0.00000324. The summed E-state index contributed by atoms with van der Waals surface area (Å²) in [6, 6.07) is 0.216. The Labute approximate surface area is 124 Å². The van der Waals surface area contributed by atoms with Crippen LogP contribution in [0.3, 0.4) is 0 Å². The van der Waals surface area contributed by atoms with Gasteiger partial charge in [-0.2, -0.15) is 0 Å². The molecule has 4 heteroatoms. The Morgan fingerprint density at radius 3 is 2.42 bits per heavy atom. The molecule has 0 aliphatic carbocycles. The number of amides is 1. The SMILES string of the molecule is CCC(CC(=O)N1CCC(N)C(C)(C)C1)C(C)C.Cl. The number of nitrogens with two attached hydrogens (primary N) is 1. The number of hydrogen-bond donors (Lipinski definition) is 1. The van der Waals surface area contributed by atoms with E-state index in [1.54, 1.807) is 0 Å². The first kappa shape index (κ1) is 18.7. The van der Waals surface area contributed by atoms with Crippen molar-refractivity contribution in [1.29, 1.82) is 0 Å².